The Morgan fingerprint density at radius 1 is 0.971 bits per heavy atom. The number of carbonyl (C=O) groups excluding carboxylic acids is 2. The number of halogens is 2. The van der Waals surface area contributed by atoms with Gasteiger partial charge in [-0.15, -0.1) is 0 Å². The second kappa shape index (κ2) is 10.5. The van der Waals surface area contributed by atoms with E-state index in [1.807, 2.05) is 30.3 Å². The van der Waals surface area contributed by atoms with Gasteiger partial charge < -0.3 is 15.5 Å². The van der Waals surface area contributed by atoms with Gasteiger partial charge in [0.2, 0.25) is 11.8 Å². The molecule has 0 aromatic heterocycles. The van der Waals surface area contributed by atoms with Crippen molar-refractivity contribution in [1.29, 1.82) is 0 Å². The molecule has 0 spiro atoms. The van der Waals surface area contributed by atoms with Gasteiger partial charge in [0.05, 0.1) is 12.5 Å². The number of carbonyl (C=O) groups is 2. The molecule has 0 radical (unpaired) electrons. The predicted octanol–water partition coefficient (Wildman–Crippen LogP) is 3.76. The summed E-state index contributed by atoms with van der Waals surface area (Å²) in [6.07, 6.45) is 0.477. The minimum Gasteiger partial charge on any atom is -0.365 e. The third-order valence-corrected chi connectivity index (χ3v) is 5.86. The van der Waals surface area contributed by atoms with Crippen LogP contribution in [-0.2, 0) is 29.0 Å². The average molecular weight is 464 g/mol. The summed E-state index contributed by atoms with van der Waals surface area (Å²) < 4.78 is 26.7. The Morgan fingerprint density at radius 2 is 1.65 bits per heavy atom. The van der Waals surface area contributed by atoms with Crippen LogP contribution in [0, 0.1) is 11.6 Å². The van der Waals surface area contributed by atoms with E-state index < -0.39 is 23.6 Å². The maximum absolute atomic E-state index is 13.4. The van der Waals surface area contributed by atoms with Crippen LogP contribution < -0.4 is 15.5 Å². The number of rotatable bonds is 7. The zero-order valence-electron chi connectivity index (χ0n) is 18.9. The molecule has 0 saturated heterocycles. The molecule has 0 bridgehead atoms. The molecule has 0 aliphatic carbocycles. The standard InChI is InChI=1S/C27H27F2N3O2/c1-18(30-26(33)13-20-11-22(28)15-23(29)12-20)27(34)31-24-14-21-9-5-6-10-25(21)32(17-24)16-19-7-3-2-4-8-19/h2-12,15,18,24H,13-14,16-17H2,1H3,(H,30,33)(H,31,34)/t18-,24?/m0/s1. The van der Waals surface area contributed by atoms with Gasteiger partial charge in [-0.2, -0.15) is 0 Å². The van der Waals surface area contributed by atoms with E-state index in [-0.39, 0.29) is 23.9 Å². The highest BCUT2D eigenvalue weighted by Crippen LogP contribution is 2.28. The van der Waals surface area contributed by atoms with Crippen molar-refractivity contribution in [2.45, 2.75) is 38.4 Å². The van der Waals surface area contributed by atoms with E-state index in [0.29, 0.717) is 13.0 Å². The van der Waals surface area contributed by atoms with E-state index in [9.17, 15) is 18.4 Å². The minimum absolute atomic E-state index is 0.122. The molecule has 2 amide bonds. The van der Waals surface area contributed by atoms with Crippen LogP contribution in [0.1, 0.15) is 23.6 Å². The van der Waals surface area contributed by atoms with Gasteiger partial charge in [-0.25, -0.2) is 8.78 Å². The van der Waals surface area contributed by atoms with Crippen LogP contribution in [0.4, 0.5) is 14.5 Å². The Balaban J connectivity index is 1.37. The summed E-state index contributed by atoms with van der Waals surface area (Å²) in [5.41, 5.74) is 3.70. The molecule has 2 atom stereocenters. The van der Waals surface area contributed by atoms with Crippen LogP contribution in [0.15, 0.2) is 72.8 Å². The highest BCUT2D eigenvalue weighted by Gasteiger charge is 2.27. The largest absolute Gasteiger partial charge is 0.365 e. The van der Waals surface area contributed by atoms with Crippen molar-refractivity contribution >= 4 is 17.5 Å². The summed E-state index contributed by atoms with van der Waals surface area (Å²) in [4.78, 5) is 27.4. The molecule has 0 saturated carbocycles. The topological polar surface area (TPSA) is 61.4 Å². The van der Waals surface area contributed by atoms with Gasteiger partial charge in [-0.1, -0.05) is 48.5 Å². The van der Waals surface area contributed by atoms with Crippen molar-refractivity contribution < 1.29 is 18.4 Å². The molecule has 3 aromatic rings. The summed E-state index contributed by atoms with van der Waals surface area (Å²) in [6.45, 7) is 2.96. The number of anilines is 1. The molecular formula is C27H27F2N3O2. The van der Waals surface area contributed by atoms with Crippen LogP contribution in [0.5, 0.6) is 0 Å². The van der Waals surface area contributed by atoms with E-state index in [2.05, 4.69) is 39.8 Å². The maximum Gasteiger partial charge on any atom is 0.242 e. The second-order valence-corrected chi connectivity index (χ2v) is 8.65. The summed E-state index contributed by atoms with van der Waals surface area (Å²) in [5, 5.41) is 5.66. The normalized spacial score (nSPS) is 15.9. The predicted molar refractivity (Wildman–Crippen MR) is 127 cm³/mol. The second-order valence-electron chi connectivity index (χ2n) is 8.65. The molecular weight excluding hydrogens is 436 g/mol. The van der Waals surface area contributed by atoms with Gasteiger partial charge >= 0.3 is 0 Å². The number of amides is 2. The Kier molecular flexibility index (Phi) is 7.21. The van der Waals surface area contributed by atoms with Crippen molar-refractivity contribution in [3.05, 3.63) is 101 Å². The van der Waals surface area contributed by atoms with Crippen molar-refractivity contribution in [2.75, 3.05) is 11.4 Å². The van der Waals surface area contributed by atoms with E-state index >= 15 is 0 Å². The number of nitrogens with zero attached hydrogens (tertiary/aromatic N) is 1. The highest BCUT2D eigenvalue weighted by molar-refractivity contribution is 5.88. The molecule has 3 aromatic carbocycles. The first-order valence-corrected chi connectivity index (χ1v) is 11.3. The number of para-hydroxylation sites is 1. The lowest BCUT2D eigenvalue weighted by Crippen LogP contribution is -2.53. The van der Waals surface area contributed by atoms with Gasteiger partial charge in [0, 0.05) is 24.8 Å². The summed E-state index contributed by atoms with van der Waals surface area (Å²) in [7, 11) is 0. The third-order valence-electron chi connectivity index (χ3n) is 5.86. The van der Waals surface area contributed by atoms with Crippen molar-refractivity contribution in [2.24, 2.45) is 0 Å². The molecule has 2 N–H and O–H groups in total. The third kappa shape index (κ3) is 5.98. The van der Waals surface area contributed by atoms with Crippen molar-refractivity contribution in [1.82, 2.24) is 10.6 Å². The molecule has 0 fully saturated rings. The Morgan fingerprint density at radius 3 is 2.38 bits per heavy atom. The van der Waals surface area contributed by atoms with Gasteiger partial charge in [0.25, 0.3) is 0 Å². The van der Waals surface area contributed by atoms with Crippen molar-refractivity contribution in [3.8, 4) is 0 Å². The van der Waals surface area contributed by atoms with Crippen LogP contribution in [-0.4, -0.2) is 30.4 Å². The van der Waals surface area contributed by atoms with Crippen molar-refractivity contribution in [3.63, 3.8) is 0 Å². The van der Waals surface area contributed by atoms with Crippen LogP contribution >= 0.6 is 0 Å². The number of hydrogen-bond acceptors (Lipinski definition) is 3. The van der Waals surface area contributed by atoms with E-state index in [1.54, 1.807) is 6.92 Å². The molecule has 1 aliphatic heterocycles. The fraction of sp³-hybridized carbons (Fsp3) is 0.259. The molecule has 5 nitrogen and oxygen atoms in total. The van der Waals surface area contributed by atoms with Gasteiger partial charge in [-0.05, 0) is 48.2 Å². The molecule has 176 valence electrons. The number of hydrogen-bond donors (Lipinski definition) is 2. The molecule has 1 aliphatic rings. The summed E-state index contributed by atoms with van der Waals surface area (Å²) in [6, 6.07) is 20.4. The van der Waals surface area contributed by atoms with E-state index in [0.717, 1.165) is 36.0 Å². The van der Waals surface area contributed by atoms with Crippen LogP contribution in [0.2, 0.25) is 0 Å². The van der Waals surface area contributed by atoms with Gasteiger partial charge in [0.1, 0.15) is 17.7 Å². The number of fused-ring (bicyclic) bond motifs is 1. The lowest BCUT2D eigenvalue weighted by atomic mass is 9.97. The lowest BCUT2D eigenvalue weighted by molar-refractivity contribution is -0.128. The quantitative estimate of drug-likeness (QED) is 0.561. The molecule has 4 rings (SSSR count). The first-order chi connectivity index (χ1) is 16.4. The smallest absolute Gasteiger partial charge is 0.242 e. The lowest BCUT2D eigenvalue weighted by Gasteiger charge is -2.37. The minimum atomic E-state index is -0.786. The van der Waals surface area contributed by atoms with Crippen LogP contribution in [0.3, 0.4) is 0 Å². The fourth-order valence-electron chi connectivity index (χ4n) is 4.32. The SMILES string of the molecule is C[C@H](NC(=O)Cc1cc(F)cc(F)c1)C(=O)NC1Cc2ccccc2N(Cc2ccccc2)C1. The van der Waals surface area contributed by atoms with Gasteiger partial charge in [0.15, 0.2) is 0 Å². The Labute approximate surface area is 197 Å². The highest BCUT2D eigenvalue weighted by atomic mass is 19.1. The Bertz CT molecular complexity index is 1150. The zero-order chi connectivity index (χ0) is 24.1. The first kappa shape index (κ1) is 23.4. The molecule has 7 heteroatoms. The first-order valence-electron chi connectivity index (χ1n) is 11.3. The monoisotopic (exact) mass is 463 g/mol. The number of nitrogens with one attached hydrogen (secondary N) is 2. The van der Waals surface area contributed by atoms with E-state index in [4.69, 9.17) is 0 Å². The molecule has 1 heterocycles. The van der Waals surface area contributed by atoms with E-state index in [1.165, 1.54) is 5.56 Å². The fourth-order valence-corrected chi connectivity index (χ4v) is 4.32. The van der Waals surface area contributed by atoms with Crippen LogP contribution in [0.25, 0.3) is 0 Å². The molecule has 34 heavy (non-hydrogen) atoms. The summed E-state index contributed by atoms with van der Waals surface area (Å²) >= 11 is 0. The average Bonchev–Trinajstić information content (AvgIpc) is 2.79. The Hall–Kier alpha value is -3.74. The number of benzene rings is 3. The maximum atomic E-state index is 13.4. The molecule has 1 unspecified atom stereocenters. The summed E-state index contributed by atoms with van der Waals surface area (Å²) in [5.74, 6) is -2.27. The van der Waals surface area contributed by atoms with Gasteiger partial charge in [-0.3, -0.25) is 9.59 Å². The zero-order valence-corrected chi connectivity index (χ0v) is 18.9.